The van der Waals surface area contributed by atoms with Gasteiger partial charge in [0.15, 0.2) is 0 Å². The minimum atomic E-state index is -0.153. The number of likely N-dealkylation sites (tertiary alicyclic amines) is 1. The Morgan fingerprint density at radius 1 is 1.24 bits per heavy atom. The first-order chi connectivity index (χ1) is 13.9. The van der Waals surface area contributed by atoms with Gasteiger partial charge in [-0.15, -0.1) is 11.3 Å². The largest absolute Gasteiger partial charge is 0.506 e. The third kappa shape index (κ3) is 4.94. The number of phenols is 1. The molecule has 0 saturated carbocycles. The number of aryl methyl sites for hydroxylation is 1. The smallest absolute Gasteiger partial charge is 0.239 e. The van der Waals surface area contributed by atoms with Crippen LogP contribution in [0, 0.1) is 31.1 Å². The molecule has 7 nitrogen and oxygen atoms in total. The molecule has 0 aliphatic carbocycles. The number of phenolic OH excluding ortho intramolecular Hbond substituents is 1. The van der Waals surface area contributed by atoms with Crippen LogP contribution in [0.2, 0.25) is 0 Å². The second-order valence-electron chi connectivity index (χ2n) is 7.20. The average molecular weight is 413 g/mol. The molecule has 3 N–H and O–H groups in total. The van der Waals surface area contributed by atoms with Gasteiger partial charge in [-0.05, 0) is 57.5 Å². The van der Waals surface area contributed by atoms with Gasteiger partial charge >= 0.3 is 0 Å². The summed E-state index contributed by atoms with van der Waals surface area (Å²) in [5.41, 5.74) is 1.85. The Bertz CT molecular complexity index is 955. The van der Waals surface area contributed by atoms with Crippen LogP contribution in [0.15, 0.2) is 24.3 Å². The Labute approximate surface area is 174 Å². The van der Waals surface area contributed by atoms with Gasteiger partial charge < -0.3 is 15.7 Å². The molecule has 1 aliphatic heterocycles. The van der Waals surface area contributed by atoms with Crippen molar-refractivity contribution in [3.8, 4) is 11.8 Å². The summed E-state index contributed by atoms with van der Waals surface area (Å²) in [6.07, 6.45) is 1.29. The van der Waals surface area contributed by atoms with E-state index >= 15 is 0 Å². The third-order valence-electron chi connectivity index (χ3n) is 5.24. The predicted octanol–water partition coefficient (Wildman–Crippen LogP) is 3.23. The van der Waals surface area contributed by atoms with Crippen molar-refractivity contribution in [1.82, 2.24) is 4.90 Å². The molecule has 0 spiro atoms. The standard InChI is InChI=1S/C21H24N4O3S/c1-13-14(2)29-21(16(13)11-22)24-19(27)12-25-9-7-15(8-10-25)20(28)23-17-5-3-4-6-18(17)26/h3-6,15,26H,7-10,12H2,1-2H3,(H,23,28)(H,24,27). The molecule has 152 valence electrons. The maximum Gasteiger partial charge on any atom is 0.239 e. The number of aromatic hydroxyl groups is 1. The third-order valence-corrected chi connectivity index (χ3v) is 6.36. The van der Waals surface area contributed by atoms with Crippen molar-refractivity contribution in [3.05, 3.63) is 40.3 Å². The quantitative estimate of drug-likeness (QED) is 0.654. The van der Waals surface area contributed by atoms with Gasteiger partial charge in [-0.25, -0.2) is 0 Å². The Morgan fingerprint density at radius 3 is 2.59 bits per heavy atom. The summed E-state index contributed by atoms with van der Waals surface area (Å²) >= 11 is 1.42. The predicted molar refractivity (Wildman–Crippen MR) is 113 cm³/mol. The van der Waals surface area contributed by atoms with Crippen molar-refractivity contribution in [2.45, 2.75) is 26.7 Å². The maximum atomic E-state index is 12.4. The normalized spacial score (nSPS) is 14.9. The summed E-state index contributed by atoms with van der Waals surface area (Å²) in [6.45, 7) is 5.32. The van der Waals surface area contributed by atoms with Crippen LogP contribution in [-0.4, -0.2) is 41.5 Å². The first-order valence-corrected chi connectivity index (χ1v) is 10.3. The highest BCUT2D eigenvalue weighted by atomic mass is 32.1. The molecule has 1 aliphatic rings. The Balaban J connectivity index is 1.49. The molecular weight excluding hydrogens is 388 g/mol. The highest BCUT2D eigenvalue weighted by molar-refractivity contribution is 7.16. The number of carbonyl (C=O) groups is 2. The minimum Gasteiger partial charge on any atom is -0.506 e. The van der Waals surface area contributed by atoms with Gasteiger partial charge in [-0.2, -0.15) is 5.26 Å². The van der Waals surface area contributed by atoms with E-state index in [1.54, 1.807) is 18.2 Å². The van der Waals surface area contributed by atoms with Crippen molar-refractivity contribution >= 4 is 33.8 Å². The van der Waals surface area contributed by atoms with Gasteiger partial charge in [0.1, 0.15) is 16.8 Å². The zero-order valence-corrected chi connectivity index (χ0v) is 17.3. The van der Waals surface area contributed by atoms with E-state index in [0.29, 0.717) is 42.2 Å². The fourth-order valence-electron chi connectivity index (χ4n) is 3.39. The number of benzene rings is 1. The number of anilines is 2. The minimum absolute atomic E-state index is 0.0470. The van der Waals surface area contributed by atoms with Crippen LogP contribution in [0.5, 0.6) is 5.75 Å². The van der Waals surface area contributed by atoms with Crippen LogP contribution in [0.1, 0.15) is 28.8 Å². The number of rotatable bonds is 5. The number of hydrogen-bond donors (Lipinski definition) is 3. The summed E-state index contributed by atoms with van der Waals surface area (Å²) in [5, 5.41) is 25.3. The van der Waals surface area contributed by atoms with Crippen LogP contribution < -0.4 is 10.6 Å². The van der Waals surface area contributed by atoms with Gasteiger partial charge in [-0.3, -0.25) is 14.5 Å². The van der Waals surface area contributed by atoms with Crippen molar-refractivity contribution in [2.75, 3.05) is 30.3 Å². The number of piperidine rings is 1. The number of amides is 2. The van der Waals surface area contributed by atoms with Gasteiger partial charge in [0.2, 0.25) is 11.8 Å². The summed E-state index contributed by atoms with van der Waals surface area (Å²) in [6, 6.07) is 8.81. The van der Waals surface area contributed by atoms with Gasteiger partial charge in [-0.1, -0.05) is 12.1 Å². The molecule has 1 aromatic carbocycles. The molecule has 1 fully saturated rings. The molecule has 2 heterocycles. The van der Waals surface area contributed by atoms with Crippen LogP contribution >= 0.6 is 11.3 Å². The Kier molecular flexibility index (Phi) is 6.52. The van der Waals surface area contributed by atoms with Crippen LogP contribution in [0.3, 0.4) is 0 Å². The van der Waals surface area contributed by atoms with Gasteiger partial charge in [0, 0.05) is 10.8 Å². The lowest BCUT2D eigenvalue weighted by Crippen LogP contribution is -2.41. The van der Waals surface area contributed by atoms with Gasteiger partial charge in [0.25, 0.3) is 0 Å². The summed E-state index contributed by atoms with van der Waals surface area (Å²) in [5.74, 6) is -0.369. The topological polar surface area (TPSA) is 105 Å². The van der Waals surface area contributed by atoms with E-state index in [0.717, 1.165) is 10.4 Å². The molecule has 8 heteroatoms. The molecule has 0 radical (unpaired) electrons. The van der Waals surface area contributed by atoms with E-state index in [4.69, 9.17) is 0 Å². The molecule has 0 bridgehead atoms. The number of para-hydroxylation sites is 2. The van der Waals surface area contributed by atoms with Crippen LogP contribution in [0.25, 0.3) is 0 Å². The zero-order valence-electron chi connectivity index (χ0n) is 16.5. The number of nitriles is 1. The number of thiophene rings is 1. The number of nitrogens with zero attached hydrogens (tertiary/aromatic N) is 2. The van der Waals surface area contributed by atoms with E-state index in [1.165, 1.54) is 17.4 Å². The number of nitrogens with one attached hydrogen (secondary N) is 2. The molecule has 2 aromatic rings. The maximum absolute atomic E-state index is 12.4. The fraction of sp³-hybridized carbons (Fsp3) is 0.381. The van der Waals surface area contributed by atoms with Crippen molar-refractivity contribution < 1.29 is 14.7 Å². The highest BCUT2D eigenvalue weighted by Gasteiger charge is 2.26. The molecule has 3 rings (SSSR count). The summed E-state index contributed by atoms with van der Waals surface area (Å²) in [4.78, 5) is 27.9. The lowest BCUT2D eigenvalue weighted by Gasteiger charge is -2.30. The molecular formula is C21H24N4O3S. The lowest BCUT2D eigenvalue weighted by atomic mass is 9.95. The fourth-order valence-corrected chi connectivity index (χ4v) is 4.41. The van der Waals surface area contributed by atoms with Crippen LogP contribution in [-0.2, 0) is 9.59 Å². The SMILES string of the molecule is Cc1sc(NC(=O)CN2CCC(C(=O)Nc3ccccc3O)CC2)c(C#N)c1C. The van der Waals surface area contributed by atoms with Gasteiger partial charge in [0.05, 0.1) is 17.8 Å². The zero-order chi connectivity index (χ0) is 21.0. The molecule has 0 unspecified atom stereocenters. The Morgan fingerprint density at radius 2 is 1.93 bits per heavy atom. The molecule has 0 atom stereocenters. The van der Waals surface area contributed by atoms with E-state index in [-0.39, 0.29) is 30.0 Å². The van der Waals surface area contributed by atoms with Crippen molar-refractivity contribution in [2.24, 2.45) is 5.92 Å². The molecule has 1 aromatic heterocycles. The summed E-state index contributed by atoms with van der Waals surface area (Å²) < 4.78 is 0. The molecule has 29 heavy (non-hydrogen) atoms. The monoisotopic (exact) mass is 412 g/mol. The second-order valence-corrected chi connectivity index (χ2v) is 8.43. The summed E-state index contributed by atoms with van der Waals surface area (Å²) in [7, 11) is 0. The first kappa shape index (κ1) is 20.8. The second kappa shape index (κ2) is 9.07. The average Bonchev–Trinajstić information content (AvgIpc) is 2.96. The van der Waals surface area contributed by atoms with E-state index in [9.17, 15) is 20.0 Å². The highest BCUT2D eigenvalue weighted by Crippen LogP contribution is 2.31. The molecule has 2 amide bonds. The van der Waals surface area contributed by atoms with Crippen LogP contribution in [0.4, 0.5) is 10.7 Å². The van der Waals surface area contributed by atoms with E-state index in [1.807, 2.05) is 18.7 Å². The molecule has 1 saturated heterocycles. The lowest BCUT2D eigenvalue weighted by molar-refractivity contribution is -0.121. The first-order valence-electron chi connectivity index (χ1n) is 9.50. The van der Waals surface area contributed by atoms with Crippen molar-refractivity contribution in [1.29, 1.82) is 5.26 Å². The Hall–Kier alpha value is -2.89. The number of hydrogen-bond acceptors (Lipinski definition) is 6. The van der Waals surface area contributed by atoms with E-state index in [2.05, 4.69) is 16.7 Å². The van der Waals surface area contributed by atoms with E-state index < -0.39 is 0 Å². The number of carbonyl (C=O) groups excluding carboxylic acids is 2. The van der Waals surface area contributed by atoms with Crippen molar-refractivity contribution in [3.63, 3.8) is 0 Å².